The third-order valence-corrected chi connectivity index (χ3v) is 5.98. The lowest BCUT2D eigenvalue weighted by Crippen LogP contribution is -2.40. The highest BCUT2D eigenvalue weighted by atomic mass is 127. The van der Waals surface area contributed by atoms with E-state index in [0.29, 0.717) is 25.6 Å². The summed E-state index contributed by atoms with van der Waals surface area (Å²) in [5.74, 6) is 1.41. The van der Waals surface area contributed by atoms with Crippen LogP contribution in [0.2, 0.25) is 0 Å². The van der Waals surface area contributed by atoms with Gasteiger partial charge in [0.25, 0.3) is 0 Å². The molecule has 1 aromatic carbocycles. The number of aromatic nitrogens is 1. The molecule has 0 atom stereocenters. The topological polar surface area (TPSA) is 67.8 Å². The first-order valence-corrected chi connectivity index (χ1v) is 10.3. The fourth-order valence-electron chi connectivity index (χ4n) is 2.67. The first kappa shape index (κ1) is 23.8. The number of halogens is 1. The molecule has 3 rings (SSSR count). The number of guanidine groups is 1. The maximum absolute atomic E-state index is 5.49. The lowest BCUT2D eigenvalue weighted by molar-refractivity contribution is 0.143. The SMILES string of the molecule is CN=C(NCc1ccc(OCCOC)nc1)NCC1(Sc2ccccc2)CC1.I. The summed E-state index contributed by atoms with van der Waals surface area (Å²) in [7, 11) is 3.45. The molecule has 29 heavy (non-hydrogen) atoms. The number of nitrogens with zero attached hydrogens (tertiary/aromatic N) is 2. The Kier molecular flexibility index (Phi) is 10.0. The van der Waals surface area contributed by atoms with Gasteiger partial charge in [0.05, 0.1) is 6.61 Å². The average Bonchev–Trinajstić information content (AvgIpc) is 3.49. The van der Waals surface area contributed by atoms with E-state index in [1.165, 1.54) is 17.7 Å². The van der Waals surface area contributed by atoms with E-state index in [4.69, 9.17) is 9.47 Å². The molecule has 6 nitrogen and oxygen atoms in total. The molecule has 0 amide bonds. The number of rotatable bonds is 10. The highest BCUT2D eigenvalue weighted by Crippen LogP contribution is 2.51. The molecule has 0 unspecified atom stereocenters. The van der Waals surface area contributed by atoms with Gasteiger partial charge in [-0.3, -0.25) is 4.99 Å². The summed E-state index contributed by atoms with van der Waals surface area (Å²) in [6.07, 6.45) is 4.27. The van der Waals surface area contributed by atoms with Gasteiger partial charge in [0.1, 0.15) is 6.61 Å². The summed E-state index contributed by atoms with van der Waals surface area (Å²) in [4.78, 5) is 9.97. The Morgan fingerprint density at radius 2 is 1.93 bits per heavy atom. The number of aliphatic imine (C=N–C) groups is 1. The number of benzene rings is 1. The first-order valence-electron chi connectivity index (χ1n) is 9.48. The number of hydrogen-bond acceptors (Lipinski definition) is 5. The predicted octanol–water partition coefficient (Wildman–Crippen LogP) is 3.71. The fraction of sp³-hybridized carbons (Fsp3) is 0.429. The predicted molar refractivity (Wildman–Crippen MR) is 129 cm³/mol. The monoisotopic (exact) mass is 528 g/mol. The molecular weight excluding hydrogens is 499 g/mol. The van der Waals surface area contributed by atoms with Crippen molar-refractivity contribution in [3.63, 3.8) is 0 Å². The van der Waals surface area contributed by atoms with Crippen LogP contribution < -0.4 is 15.4 Å². The summed E-state index contributed by atoms with van der Waals surface area (Å²) in [5.41, 5.74) is 1.07. The van der Waals surface area contributed by atoms with Gasteiger partial charge in [-0.2, -0.15) is 0 Å². The van der Waals surface area contributed by atoms with Gasteiger partial charge >= 0.3 is 0 Å². The third kappa shape index (κ3) is 8.02. The standard InChI is InChI=1S/C21H28N4O2S.HI/c1-22-20(24-15-17-8-9-19(23-14-17)27-13-12-26-2)25-16-21(10-11-21)28-18-6-4-3-5-7-18;/h3-9,14H,10-13,15-16H2,1-2H3,(H2,22,24,25);1H. The van der Waals surface area contributed by atoms with Crippen molar-refractivity contribution in [1.82, 2.24) is 15.6 Å². The first-order chi connectivity index (χ1) is 13.7. The summed E-state index contributed by atoms with van der Waals surface area (Å²) in [5, 5.41) is 6.82. The molecule has 0 spiro atoms. The van der Waals surface area contributed by atoms with Crippen molar-refractivity contribution in [3.8, 4) is 5.88 Å². The molecule has 0 saturated heterocycles. The Hall–Kier alpha value is -1.52. The molecule has 1 fully saturated rings. The Morgan fingerprint density at radius 1 is 1.14 bits per heavy atom. The van der Waals surface area contributed by atoms with Crippen molar-refractivity contribution in [2.75, 3.05) is 33.9 Å². The van der Waals surface area contributed by atoms with E-state index in [1.54, 1.807) is 14.2 Å². The number of pyridine rings is 1. The van der Waals surface area contributed by atoms with Gasteiger partial charge in [0, 0.05) is 49.2 Å². The summed E-state index contributed by atoms with van der Waals surface area (Å²) >= 11 is 1.96. The van der Waals surface area contributed by atoms with Gasteiger partial charge in [0.15, 0.2) is 5.96 Å². The summed E-state index contributed by atoms with van der Waals surface area (Å²) in [6.45, 7) is 2.61. The molecule has 1 aromatic heterocycles. The molecule has 0 aliphatic heterocycles. The quantitative estimate of drug-likeness (QED) is 0.212. The van der Waals surface area contributed by atoms with Crippen LogP contribution in [-0.4, -0.2) is 49.6 Å². The number of thioether (sulfide) groups is 1. The number of methoxy groups -OCH3 is 1. The van der Waals surface area contributed by atoms with E-state index in [9.17, 15) is 0 Å². The molecule has 0 bridgehead atoms. The van der Waals surface area contributed by atoms with Crippen LogP contribution in [0.25, 0.3) is 0 Å². The Morgan fingerprint density at radius 3 is 2.55 bits per heavy atom. The molecule has 2 N–H and O–H groups in total. The molecule has 2 aromatic rings. The maximum Gasteiger partial charge on any atom is 0.213 e. The van der Waals surface area contributed by atoms with Crippen molar-refractivity contribution in [3.05, 3.63) is 54.2 Å². The van der Waals surface area contributed by atoms with Crippen molar-refractivity contribution in [2.45, 2.75) is 29.0 Å². The Balaban J connectivity index is 0.00000300. The molecule has 1 heterocycles. The number of nitrogens with one attached hydrogen (secondary N) is 2. The van der Waals surface area contributed by atoms with E-state index >= 15 is 0 Å². The van der Waals surface area contributed by atoms with Crippen molar-refractivity contribution < 1.29 is 9.47 Å². The molecule has 0 radical (unpaired) electrons. The zero-order chi connectivity index (χ0) is 19.7. The second-order valence-electron chi connectivity index (χ2n) is 6.72. The zero-order valence-electron chi connectivity index (χ0n) is 16.9. The Bertz CT molecular complexity index is 755. The second-order valence-corrected chi connectivity index (χ2v) is 8.26. The van der Waals surface area contributed by atoms with Crippen molar-refractivity contribution >= 4 is 41.7 Å². The smallest absolute Gasteiger partial charge is 0.213 e. The molecule has 158 valence electrons. The minimum Gasteiger partial charge on any atom is -0.475 e. The maximum atomic E-state index is 5.49. The van der Waals surface area contributed by atoms with Gasteiger partial charge in [-0.25, -0.2) is 4.98 Å². The highest BCUT2D eigenvalue weighted by Gasteiger charge is 2.43. The van der Waals surface area contributed by atoms with Crippen molar-refractivity contribution in [2.24, 2.45) is 4.99 Å². The van der Waals surface area contributed by atoms with E-state index < -0.39 is 0 Å². The van der Waals surface area contributed by atoms with Gasteiger partial charge in [-0.1, -0.05) is 24.3 Å². The van der Waals surface area contributed by atoms with Crippen LogP contribution in [0.5, 0.6) is 5.88 Å². The molecular formula is C21H29IN4O2S. The molecule has 1 saturated carbocycles. The van der Waals surface area contributed by atoms with Crippen LogP contribution in [0, 0.1) is 0 Å². The lowest BCUT2D eigenvalue weighted by Gasteiger charge is -2.18. The third-order valence-electron chi connectivity index (χ3n) is 4.48. The molecule has 1 aliphatic carbocycles. The Labute approximate surface area is 194 Å². The fourth-order valence-corrected chi connectivity index (χ4v) is 3.92. The largest absolute Gasteiger partial charge is 0.475 e. The average molecular weight is 528 g/mol. The number of ether oxygens (including phenoxy) is 2. The van der Waals surface area contributed by atoms with Gasteiger partial charge in [-0.05, 0) is 30.5 Å². The van der Waals surface area contributed by atoms with Gasteiger partial charge < -0.3 is 20.1 Å². The van der Waals surface area contributed by atoms with Gasteiger partial charge in [-0.15, -0.1) is 35.7 Å². The zero-order valence-corrected chi connectivity index (χ0v) is 20.0. The van der Waals surface area contributed by atoms with Gasteiger partial charge in [0.2, 0.25) is 5.88 Å². The van der Waals surface area contributed by atoms with Crippen LogP contribution in [0.15, 0.2) is 58.5 Å². The van der Waals surface area contributed by atoms with Crippen LogP contribution in [0.4, 0.5) is 0 Å². The number of hydrogen-bond donors (Lipinski definition) is 2. The second kappa shape index (κ2) is 12.2. The van der Waals surface area contributed by atoms with E-state index in [0.717, 1.165) is 18.1 Å². The lowest BCUT2D eigenvalue weighted by atomic mass is 10.3. The minimum atomic E-state index is 0. The molecule has 1 aliphatic rings. The van der Waals surface area contributed by atoms with Crippen LogP contribution in [0.1, 0.15) is 18.4 Å². The van der Waals surface area contributed by atoms with E-state index in [-0.39, 0.29) is 28.7 Å². The normalized spacial score (nSPS) is 14.6. The van der Waals surface area contributed by atoms with Crippen LogP contribution >= 0.6 is 35.7 Å². The summed E-state index contributed by atoms with van der Waals surface area (Å²) in [6, 6.07) is 14.5. The molecule has 8 heteroatoms. The highest BCUT2D eigenvalue weighted by molar-refractivity contribution is 14.0. The summed E-state index contributed by atoms with van der Waals surface area (Å²) < 4.78 is 10.7. The minimum absolute atomic E-state index is 0. The van der Waals surface area contributed by atoms with Crippen LogP contribution in [-0.2, 0) is 11.3 Å². The van der Waals surface area contributed by atoms with E-state index in [1.807, 2.05) is 30.1 Å². The van der Waals surface area contributed by atoms with Crippen molar-refractivity contribution in [1.29, 1.82) is 0 Å². The van der Waals surface area contributed by atoms with E-state index in [2.05, 4.69) is 50.9 Å². The van der Waals surface area contributed by atoms with Crippen LogP contribution in [0.3, 0.4) is 0 Å².